The monoisotopic (exact) mass is 315 g/mol. The van der Waals surface area contributed by atoms with Crippen LogP contribution in [0.15, 0.2) is 30.3 Å². The van der Waals surface area contributed by atoms with Crippen molar-refractivity contribution in [1.82, 2.24) is 10.2 Å². The van der Waals surface area contributed by atoms with Gasteiger partial charge in [-0.2, -0.15) is 0 Å². The highest BCUT2D eigenvalue weighted by Crippen LogP contribution is 2.28. The lowest BCUT2D eigenvalue weighted by molar-refractivity contribution is 0.194. The van der Waals surface area contributed by atoms with Crippen LogP contribution < -0.4 is 10.2 Å². The summed E-state index contributed by atoms with van der Waals surface area (Å²) in [4.78, 5) is 16.5. The lowest BCUT2D eigenvalue weighted by Gasteiger charge is -2.36. The summed E-state index contributed by atoms with van der Waals surface area (Å²) in [5, 5.41) is 3.10. The van der Waals surface area contributed by atoms with Gasteiger partial charge in [-0.15, -0.1) is 0 Å². The highest BCUT2D eigenvalue weighted by molar-refractivity contribution is 5.74. The molecule has 2 aliphatic rings. The normalized spacial score (nSPS) is 19.1. The van der Waals surface area contributed by atoms with Crippen LogP contribution in [0.2, 0.25) is 0 Å². The molecule has 4 heteroatoms. The molecule has 0 bridgehead atoms. The minimum Gasteiger partial charge on any atom is -0.368 e. The Bertz CT molecular complexity index is 477. The number of piperazine rings is 1. The van der Waals surface area contributed by atoms with E-state index >= 15 is 0 Å². The van der Waals surface area contributed by atoms with Crippen LogP contribution in [0.25, 0.3) is 0 Å². The van der Waals surface area contributed by atoms with E-state index in [1.165, 1.54) is 37.8 Å². The first kappa shape index (κ1) is 16.2. The van der Waals surface area contributed by atoms with Crippen LogP contribution >= 0.6 is 0 Å². The second-order valence-corrected chi connectivity index (χ2v) is 6.83. The van der Waals surface area contributed by atoms with Gasteiger partial charge in [-0.05, 0) is 30.9 Å². The average Bonchev–Trinajstić information content (AvgIpc) is 3.13. The summed E-state index contributed by atoms with van der Waals surface area (Å²) in [5.41, 5.74) is 1.25. The number of nitrogens with one attached hydrogen (secondary N) is 1. The Kier molecular flexibility index (Phi) is 5.78. The van der Waals surface area contributed by atoms with Crippen molar-refractivity contribution >= 4 is 11.7 Å². The van der Waals surface area contributed by atoms with E-state index in [-0.39, 0.29) is 6.03 Å². The predicted octanol–water partition coefficient (Wildman–Crippen LogP) is 3.49. The van der Waals surface area contributed by atoms with Gasteiger partial charge in [0.2, 0.25) is 0 Å². The number of carbonyl (C=O) groups is 1. The van der Waals surface area contributed by atoms with Gasteiger partial charge in [-0.25, -0.2) is 4.79 Å². The minimum absolute atomic E-state index is 0.115. The Hall–Kier alpha value is -1.71. The van der Waals surface area contributed by atoms with Crippen molar-refractivity contribution in [3.63, 3.8) is 0 Å². The lowest BCUT2D eigenvalue weighted by atomic mass is 10.0. The molecule has 3 rings (SSSR count). The largest absolute Gasteiger partial charge is 0.368 e. The van der Waals surface area contributed by atoms with Crippen LogP contribution in [0.4, 0.5) is 10.5 Å². The van der Waals surface area contributed by atoms with Crippen molar-refractivity contribution in [2.75, 3.05) is 37.6 Å². The molecule has 0 atom stereocenters. The van der Waals surface area contributed by atoms with Crippen molar-refractivity contribution < 1.29 is 4.79 Å². The highest BCUT2D eigenvalue weighted by atomic mass is 16.2. The summed E-state index contributed by atoms with van der Waals surface area (Å²) in [6.07, 6.45) is 8.01. The third-order valence-corrected chi connectivity index (χ3v) is 5.23. The van der Waals surface area contributed by atoms with Crippen molar-refractivity contribution in [3.05, 3.63) is 30.3 Å². The SMILES string of the molecule is O=C(NCCCC1CCCC1)N1CCN(c2ccccc2)CC1. The predicted molar refractivity (Wildman–Crippen MR) is 94.8 cm³/mol. The first-order chi connectivity index (χ1) is 11.3. The number of benzene rings is 1. The van der Waals surface area contributed by atoms with Gasteiger partial charge in [-0.1, -0.05) is 43.9 Å². The maximum atomic E-state index is 12.2. The molecule has 1 aliphatic heterocycles. The number of amides is 2. The van der Waals surface area contributed by atoms with Gasteiger partial charge in [0.15, 0.2) is 0 Å². The first-order valence-corrected chi connectivity index (χ1v) is 9.16. The molecular weight excluding hydrogens is 286 g/mol. The Morgan fingerprint density at radius 2 is 1.74 bits per heavy atom. The number of para-hydroxylation sites is 1. The quantitative estimate of drug-likeness (QED) is 0.844. The Balaban J connectivity index is 1.33. The Labute approximate surface area is 139 Å². The van der Waals surface area contributed by atoms with Gasteiger partial charge in [-0.3, -0.25) is 0 Å². The fourth-order valence-electron chi connectivity index (χ4n) is 3.80. The van der Waals surface area contributed by atoms with Crippen LogP contribution in [0.5, 0.6) is 0 Å². The first-order valence-electron chi connectivity index (χ1n) is 9.16. The second kappa shape index (κ2) is 8.23. The second-order valence-electron chi connectivity index (χ2n) is 6.83. The smallest absolute Gasteiger partial charge is 0.317 e. The van der Waals surface area contributed by atoms with Crippen LogP contribution in [-0.4, -0.2) is 43.7 Å². The number of nitrogens with zero attached hydrogens (tertiary/aromatic N) is 2. The molecule has 1 saturated heterocycles. The zero-order valence-corrected chi connectivity index (χ0v) is 14.0. The van der Waals surface area contributed by atoms with Crippen molar-refractivity contribution in [1.29, 1.82) is 0 Å². The van der Waals surface area contributed by atoms with Crippen LogP contribution in [0.3, 0.4) is 0 Å². The molecule has 0 aromatic heterocycles. The van der Waals surface area contributed by atoms with Crippen LogP contribution in [0.1, 0.15) is 38.5 Å². The summed E-state index contributed by atoms with van der Waals surface area (Å²) >= 11 is 0. The van der Waals surface area contributed by atoms with E-state index in [2.05, 4.69) is 34.5 Å². The molecule has 0 spiro atoms. The highest BCUT2D eigenvalue weighted by Gasteiger charge is 2.21. The van der Waals surface area contributed by atoms with Crippen LogP contribution in [0, 0.1) is 5.92 Å². The summed E-state index contributed by atoms with van der Waals surface area (Å²) in [6, 6.07) is 10.6. The maximum Gasteiger partial charge on any atom is 0.317 e. The molecule has 1 heterocycles. The minimum atomic E-state index is 0.115. The molecule has 4 nitrogen and oxygen atoms in total. The van der Waals surface area contributed by atoms with Crippen molar-refractivity contribution in [2.45, 2.75) is 38.5 Å². The van der Waals surface area contributed by atoms with Gasteiger partial charge in [0.25, 0.3) is 0 Å². The molecule has 1 aliphatic carbocycles. The fourth-order valence-corrected chi connectivity index (χ4v) is 3.80. The zero-order valence-electron chi connectivity index (χ0n) is 14.0. The van der Waals surface area contributed by atoms with Gasteiger partial charge in [0.1, 0.15) is 0 Å². The summed E-state index contributed by atoms with van der Waals surface area (Å²) in [5.74, 6) is 0.918. The van der Waals surface area contributed by atoms with E-state index in [1.807, 2.05) is 11.0 Å². The van der Waals surface area contributed by atoms with Gasteiger partial charge < -0.3 is 15.1 Å². The summed E-state index contributed by atoms with van der Waals surface area (Å²) in [7, 11) is 0. The number of rotatable bonds is 5. The summed E-state index contributed by atoms with van der Waals surface area (Å²) < 4.78 is 0. The number of hydrogen-bond donors (Lipinski definition) is 1. The Morgan fingerprint density at radius 1 is 1.04 bits per heavy atom. The number of carbonyl (C=O) groups excluding carboxylic acids is 1. The third kappa shape index (κ3) is 4.63. The lowest BCUT2D eigenvalue weighted by Crippen LogP contribution is -2.52. The van der Waals surface area contributed by atoms with Crippen molar-refractivity contribution in [3.8, 4) is 0 Å². The molecule has 0 unspecified atom stereocenters. The van der Waals surface area contributed by atoms with Crippen LogP contribution in [-0.2, 0) is 0 Å². The Morgan fingerprint density at radius 3 is 2.43 bits per heavy atom. The van der Waals surface area contributed by atoms with Crippen molar-refractivity contribution in [2.24, 2.45) is 5.92 Å². The average molecular weight is 315 g/mol. The fraction of sp³-hybridized carbons (Fsp3) is 0.632. The molecular formula is C19H29N3O. The molecule has 2 amide bonds. The molecule has 126 valence electrons. The molecule has 2 fully saturated rings. The van der Waals surface area contributed by atoms with E-state index in [1.54, 1.807) is 0 Å². The van der Waals surface area contributed by atoms with E-state index < -0.39 is 0 Å². The zero-order chi connectivity index (χ0) is 15.9. The van der Waals surface area contributed by atoms with E-state index in [0.29, 0.717) is 0 Å². The number of urea groups is 1. The number of hydrogen-bond acceptors (Lipinski definition) is 2. The van der Waals surface area contributed by atoms with Gasteiger partial charge >= 0.3 is 6.03 Å². The molecule has 1 saturated carbocycles. The molecule has 23 heavy (non-hydrogen) atoms. The molecule has 1 aromatic rings. The molecule has 0 radical (unpaired) electrons. The maximum absolute atomic E-state index is 12.2. The van der Waals surface area contributed by atoms with Gasteiger partial charge in [0.05, 0.1) is 0 Å². The topological polar surface area (TPSA) is 35.6 Å². The standard InChI is InChI=1S/C19H29N3O/c23-19(20-12-6-9-17-7-4-5-8-17)22-15-13-21(14-16-22)18-10-2-1-3-11-18/h1-3,10-11,17H,4-9,12-16H2,(H,20,23). The third-order valence-electron chi connectivity index (χ3n) is 5.23. The molecule has 1 aromatic carbocycles. The van der Waals surface area contributed by atoms with E-state index in [4.69, 9.17) is 0 Å². The molecule has 1 N–H and O–H groups in total. The summed E-state index contributed by atoms with van der Waals surface area (Å²) in [6.45, 7) is 4.28. The van der Waals surface area contributed by atoms with Gasteiger partial charge in [0, 0.05) is 38.4 Å². The number of anilines is 1. The van der Waals surface area contributed by atoms with E-state index in [9.17, 15) is 4.79 Å². The van der Waals surface area contributed by atoms with E-state index in [0.717, 1.165) is 45.1 Å².